The molecule has 0 fully saturated rings. The second-order valence-corrected chi connectivity index (χ2v) is 27.7. The summed E-state index contributed by atoms with van der Waals surface area (Å²) in [5.41, 5.74) is 30.7. The quantitative estimate of drug-likeness (QED) is 0.144. The maximum absolute atomic E-state index is 7.68. The molecule has 0 unspecified atom stereocenters. The summed E-state index contributed by atoms with van der Waals surface area (Å²) in [6.07, 6.45) is 0. The predicted octanol–water partition coefficient (Wildman–Crippen LogP) is 26.1. The molecule has 0 radical (unpaired) electrons. The van der Waals surface area contributed by atoms with Crippen LogP contribution in [-0.2, 0) is 10.8 Å². The van der Waals surface area contributed by atoms with Crippen molar-refractivity contribution in [3.8, 4) is 77.9 Å². The zero-order valence-electron chi connectivity index (χ0n) is 55.4. The van der Waals surface area contributed by atoms with Crippen LogP contribution >= 0.6 is 0 Å². The van der Waals surface area contributed by atoms with Crippen molar-refractivity contribution < 1.29 is 8.83 Å². The molecule has 4 nitrogen and oxygen atoms in total. The smallest absolute Gasteiger partial charge is 0.135 e. The number of hydrogen-bond acceptors (Lipinski definition) is 4. The Kier molecular flexibility index (Phi) is 12.0. The van der Waals surface area contributed by atoms with Gasteiger partial charge in [0.15, 0.2) is 0 Å². The number of rotatable bonds is 9. The van der Waals surface area contributed by atoms with Gasteiger partial charge in [0.1, 0.15) is 33.5 Å². The SMILES string of the molecule is c1ccc(N(c2ccc(-c3ccc4ccccc4c3)cc2)c2cccc3c2-c2c(oc4cc(-c5ccc(N(c6ccc(-c7cccc8c7C7(c9ccccc9-c9ccccc97)c7oc9ccccc9c7-8)cc6)c6ccc7ccccc7c6)cc5)ccc24)C32c3ccccc3-c3ccccc32)cc1. The molecule has 2 heterocycles. The van der Waals surface area contributed by atoms with Crippen molar-refractivity contribution in [3.05, 3.63) is 409 Å². The minimum Gasteiger partial charge on any atom is -0.459 e. The molecule has 18 aromatic rings. The van der Waals surface area contributed by atoms with E-state index in [2.05, 4.69) is 374 Å². The molecule has 2 spiro atoms. The van der Waals surface area contributed by atoms with Crippen molar-refractivity contribution in [2.45, 2.75) is 10.8 Å². The van der Waals surface area contributed by atoms with Crippen LogP contribution in [-0.4, -0.2) is 0 Å². The first-order chi connectivity index (χ1) is 50.6. The molecule has 0 saturated heterocycles. The Hall–Kier alpha value is -13.3. The Labute approximate surface area is 590 Å². The van der Waals surface area contributed by atoms with Crippen LogP contribution in [0.1, 0.15) is 44.9 Å². The van der Waals surface area contributed by atoms with Crippen LogP contribution in [0.2, 0.25) is 0 Å². The fourth-order valence-corrected chi connectivity index (χ4v) is 18.4. The van der Waals surface area contributed by atoms with Gasteiger partial charge in [0.05, 0.1) is 5.69 Å². The minimum atomic E-state index is -0.724. The first-order valence-electron chi connectivity index (χ1n) is 35.3. The zero-order valence-corrected chi connectivity index (χ0v) is 55.4. The number of nitrogens with zero attached hydrogens (tertiary/aromatic N) is 2. The molecule has 0 atom stereocenters. The summed E-state index contributed by atoms with van der Waals surface area (Å²) in [5, 5.41) is 7.06. The largest absolute Gasteiger partial charge is 0.459 e. The Balaban J connectivity index is 0.669. The van der Waals surface area contributed by atoms with Crippen LogP contribution in [0, 0.1) is 0 Å². The average Bonchev–Trinajstić information content (AvgIpc) is 1.50. The van der Waals surface area contributed by atoms with Gasteiger partial charge in [-0.05, 0) is 207 Å². The van der Waals surface area contributed by atoms with Gasteiger partial charge in [-0.1, -0.05) is 273 Å². The lowest BCUT2D eigenvalue weighted by molar-refractivity contribution is 0.506. The molecule has 2 aromatic heterocycles. The third-order valence-corrected chi connectivity index (χ3v) is 22.6. The average molecular weight is 1300 g/mol. The zero-order chi connectivity index (χ0) is 66.8. The van der Waals surface area contributed by atoms with Crippen molar-refractivity contribution in [2.75, 3.05) is 9.80 Å². The van der Waals surface area contributed by atoms with Crippen molar-refractivity contribution in [1.82, 2.24) is 0 Å². The fraction of sp³-hybridized carbons (Fsp3) is 0.0204. The molecule has 16 aromatic carbocycles. The molecular formula is C98H60N2O2. The maximum Gasteiger partial charge on any atom is 0.135 e. The molecule has 0 saturated carbocycles. The highest BCUT2D eigenvalue weighted by Gasteiger charge is 2.58. The summed E-state index contributed by atoms with van der Waals surface area (Å²) in [6, 6.07) is 134. The molecule has 0 aliphatic heterocycles. The highest BCUT2D eigenvalue weighted by atomic mass is 16.3. The van der Waals surface area contributed by atoms with Crippen LogP contribution in [0.25, 0.3) is 121 Å². The number of hydrogen-bond donors (Lipinski definition) is 0. The molecule has 4 heteroatoms. The first kappa shape index (κ1) is 56.7. The van der Waals surface area contributed by atoms with Crippen molar-refractivity contribution in [2.24, 2.45) is 0 Å². The standard InChI is InChI=1S/C98H60N2O2/c1-2-24-70(25-3-1)100(73-52-44-63(45-53-73)68-41-40-61-20-4-6-22-66(61)58-68)88-38-19-37-87-93(88)92-81-57-49-69(60-90(81)102-96(92)97(87)83-33-13-8-26-76(83)77-27-9-14-34-84(77)97)64-42-50-71(51-43-64)99(74-56-46-62-21-5-7-23-67(62)59-74)72-54-47-65(48-55-72)75-31-18-32-82-91-80-30-12-17-39-89(80)101-95(91)98(94(75)82)85-35-15-10-28-78(85)79-29-11-16-36-86(79)98/h1-60H. The predicted molar refractivity (Wildman–Crippen MR) is 419 cm³/mol. The second kappa shape index (κ2) is 21.6. The Morgan fingerprint density at radius 1 is 0.216 bits per heavy atom. The molecule has 0 N–H and O–H groups in total. The van der Waals surface area contributed by atoms with Gasteiger partial charge in [0, 0.05) is 55.9 Å². The lowest BCUT2D eigenvalue weighted by atomic mass is 9.71. The summed E-state index contributed by atoms with van der Waals surface area (Å²) in [7, 11) is 0. The molecule has 0 bridgehead atoms. The van der Waals surface area contributed by atoms with Gasteiger partial charge in [-0.3, -0.25) is 0 Å². The van der Waals surface area contributed by atoms with E-state index in [1.54, 1.807) is 0 Å². The van der Waals surface area contributed by atoms with Gasteiger partial charge in [-0.25, -0.2) is 0 Å². The number of para-hydroxylation sites is 2. The Morgan fingerprint density at radius 2 is 0.637 bits per heavy atom. The van der Waals surface area contributed by atoms with Gasteiger partial charge in [0.2, 0.25) is 0 Å². The maximum atomic E-state index is 7.68. The van der Waals surface area contributed by atoms with Gasteiger partial charge in [-0.15, -0.1) is 0 Å². The highest BCUT2D eigenvalue weighted by Crippen LogP contribution is 2.69. The fourth-order valence-electron chi connectivity index (χ4n) is 18.4. The lowest BCUT2D eigenvalue weighted by Crippen LogP contribution is -2.26. The van der Waals surface area contributed by atoms with Crippen molar-refractivity contribution in [1.29, 1.82) is 0 Å². The van der Waals surface area contributed by atoms with Crippen LogP contribution < -0.4 is 9.80 Å². The van der Waals surface area contributed by atoms with E-state index in [0.717, 1.165) is 89.8 Å². The normalized spacial score (nSPS) is 13.5. The van der Waals surface area contributed by atoms with Gasteiger partial charge in [-0.2, -0.15) is 0 Å². The van der Waals surface area contributed by atoms with Crippen molar-refractivity contribution >= 4 is 77.6 Å². The third kappa shape index (κ3) is 7.86. The molecule has 0 amide bonds. The summed E-state index contributed by atoms with van der Waals surface area (Å²) in [4.78, 5) is 4.84. The topological polar surface area (TPSA) is 32.8 Å². The van der Waals surface area contributed by atoms with E-state index in [1.807, 2.05) is 0 Å². The molecule has 4 aliphatic carbocycles. The van der Waals surface area contributed by atoms with E-state index in [-0.39, 0.29) is 0 Å². The lowest BCUT2D eigenvalue weighted by Gasteiger charge is -2.31. The van der Waals surface area contributed by atoms with Gasteiger partial charge < -0.3 is 18.6 Å². The molecular weight excluding hydrogens is 1240 g/mol. The number of furan rings is 2. The Morgan fingerprint density at radius 3 is 1.28 bits per heavy atom. The first-order valence-corrected chi connectivity index (χ1v) is 35.3. The third-order valence-electron chi connectivity index (χ3n) is 22.6. The van der Waals surface area contributed by atoms with E-state index in [4.69, 9.17) is 8.83 Å². The summed E-state index contributed by atoms with van der Waals surface area (Å²) in [6.45, 7) is 0. The van der Waals surface area contributed by atoms with Crippen molar-refractivity contribution in [3.63, 3.8) is 0 Å². The van der Waals surface area contributed by atoms with E-state index in [9.17, 15) is 0 Å². The molecule has 474 valence electrons. The van der Waals surface area contributed by atoms with E-state index in [1.165, 1.54) is 111 Å². The highest BCUT2D eigenvalue weighted by molar-refractivity contribution is 6.11. The monoisotopic (exact) mass is 1300 g/mol. The molecule has 4 aliphatic rings. The van der Waals surface area contributed by atoms with Crippen LogP contribution in [0.4, 0.5) is 34.1 Å². The number of fused-ring (bicyclic) bond motifs is 26. The van der Waals surface area contributed by atoms with Gasteiger partial charge in [0.25, 0.3) is 0 Å². The van der Waals surface area contributed by atoms with E-state index in [0.29, 0.717) is 0 Å². The summed E-state index contributed by atoms with van der Waals surface area (Å²) in [5.74, 6) is 1.95. The van der Waals surface area contributed by atoms with Crippen LogP contribution in [0.5, 0.6) is 0 Å². The number of anilines is 6. The van der Waals surface area contributed by atoms with Crippen LogP contribution in [0.15, 0.2) is 373 Å². The van der Waals surface area contributed by atoms with E-state index < -0.39 is 10.8 Å². The number of benzene rings is 16. The molecule has 102 heavy (non-hydrogen) atoms. The summed E-state index contributed by atoms with van der Waals surface area (Å²) < 4.78 is 14.9. The molecule has 22 rings (SSSR count). The minimum absolute atomic E-state index is 0.656. The van der Waals surface area contributed by atoms with Crippen LogP contribution in [0.3, 0.4) is 0 Å². The van der Waals surface area contributed by atoms with E-state index >= 15 is 0 Å². The Bertz CT molecular complexity index is 6420. The summed E-state index contributed by atoms with van der Waals surface area (Å²) >= 11 is 0. The van der Waals surface area contributed by atoms with Gasteiger partial charge >= 0.3 is 0 Å². The second-order valence-electron chi connectivity index (χ2n) is 27.7.